The summed E-state index contributed by atoms with van der Waals surface area (Å²) in [6, 6.07) is 0.0859. The van der Waals surface area contributed by atoms with Gasteiger partial charge in [0.15, 0.2) is 0 Å². The number of carbonyl (C=O) groups excluding carboxylic acids is 3. The minimum Gasteiger partial charge on any atom is -0.469 e. The molecule has 1 aliphatic rings. The fourth-order valence-corrected chi connectivity index (χ4v) is 2.14. The Kier molecular flexibility index (Phi) is 5.12. The van der Waals surface area contributed by atoms with Gasteiger partial charge in [-0.15, -0.1) is 0 Å². The second kappa shape index (κ2) is 6.37. The number of rotatable bonds is 4. The van der Waals surface area contributed by atoms with Crippen molar-refractivity contribution in [2.45, 2.75) is 45.1 Å². The minimum absolute atomic E-state index is 0.0408. The first kappa shape index (κ1) is 13.7. The van der Waals surface area contributed by atoms with E-state index in [2.05, 4.69) is 10.1 Å². The first-order valence-corrected chi connectivity index (χ1v) is 5.89. The first-order valence-electron chi connectivity index (χ1n) is 5.89. The monoisotopic (exact) mass is 241 g/mol. The van der Waals surface area contributed by atoms with E-state index in [1.807, 2.05) is 0 Å². The molecule has 0 aromatic rings. The molecule has 17 heavy (non-hydrogen) atoms. The summed E-state index contributed by atoms with van der Waals surface area (Å²) in [6.45, 7) is 1.40. The molecule has 0 radical (unpaired) electrons. The number of carbonyl (C=O) groups is 3. The van der Waals surface area contributed by atoms with Crippen LogP contribution in [0.15, 0.2) is 0 Å². The molecule has 5 heteroatoms. The first-order chi connectivity index (χ1) is 8.02. The lowest BCUT2D eigenvalue weighted by Crippen LogP contribution is -2.39. The highest BCUT2D eigenvalue weighted by Gasteiger charge is 2.27. The van der Waals surface area contributed by atoms with Gasteiger partial charge in [0.05, 0.1) is 19.4 Å². The molecule has 0 unspecified atom stereocenters. The maximum Gasteiger partial charge on any atom is 0.308 e. The normalized spacial score (nSPS) is 23.9. The van der Waals surface area contributed by atoms with Crippen LogP contribution < -0.4 is 5.32 Å². The van der Waals surface area contributed by atoms with Crippen molar-refractivity contribution in [3.63, 3.8) is 0 Å². The van der Waals surface area contributed by atoms with Crippen LogP contribution in [-0.2, 0) is 19.1 Å². The molecule has 1 amide bonds. The number of amides is 1. The summed E-state index contributed by atoms with van der Waals surface area (Å²) in [7, 11) is 1.39. The van der Waals surface area contributed by atoms with Crippen molar-refractivity contribution in [2.24, 2.45) is 5.92 Å². The Morgan fingerprint density at radius 2 is 1.76 bits per heavy atom. The summed E-state index contributed by atoms with van der Waals surface area (Å²) in [5.74, 6) is -0.566. The van der Waals surface area contributed by atoms with Crippen LogP contribution in [0.5, 0.6) is 0 Å². The van der Waals surface area contributed by atoms with Crippen LogP contribution in [0.1, 0.15) is 39.0 Å². The highest BCUT2D eigenvalue weighted by molar-refractivity contribution is 5.96. The maximum atomic E-state index is 11.4. The van der Waals surface area contributed by atoms with Gasteiger partial charge >= 0.3 is 5.97 Å². The maximum absolute atomic E-state index is 11.4. The second-order valence-corrected chi connectivity index (χ2v) is 4.52. The standard InChI is InChI=1S/C12H19NO4/c1-8(14)7-11(15)13-10-5-3-9(4-6-10)12(16)17-2/h9-10H,3-7H2,1-2H3,(H,13,15). The predicted molar refractivity (Wildman–Crippen MR) is 61.2 cm³/mol. The SMILES string of the molecule is COC(=O)C1CCC(NC(=O)CC(C)=O)CC1. The predicted octanol–water partition coefficient (Wildman–Crippen LogP) is 0.813. The van der Waals surface area contributed by atoms with E-state index in [4.69, 9.17) is 0 Å². The van der Waals surface area contributed by atoms with Crippen LogP contribution in [0, 0.1) is 5.92 Å². The van der Waals surface area contributed by atoms with Gasteiger partial charge in [-0.05, 0) is 32.6 Å². The molecule has 1 saturated carbocycles. The van der Waals surface area contributed by atoms with Gasteiger partial charge < -0.3 is 10.1 Å². The summed E-state index contributed by atoms with van der Waals surface area (Å²) in [6.07, 6.45) is 2.94. The van der Waals surface area contributed by atoms with Crippen molar-refractivity contribution in [1.82, 2.24) is 5.32 Å². The van der Waals surface area contributed by atoms with Crippen LogP contribution in [-0.4, -0.2) is 30.8 Å². The lowest BCUT2D eigenvalue weighted by Gasteiger charge is -2.27. The molecule has 0 aliphatic heterocycles. The summed E-state index contributed by atoms with van der Waals surface area (Å²) in [5.41, 5.74) is 0. The highest BCUT2D eigenvalue weighted by Crippen LogP contribution is 2.25. The third kappa shape index (κ3) is 4.54. The zero-order valence-electron chi connectivity index (χ0n) is 10.3. The number of hydrogen-bond acceptors (Lipinski definition) is 4. The number of ketones is 1. The quantitative estimate of drug-likeness (QED) is 0.584. The van der Waals surface area contributed by atoms with Crippen LogP contribution in [0.25, 0.3) is 0 Å². The largest absolute Gasteiger partial charge is 0.469 e. The lowest BCUT2D eigenvalue weighted by atomic mass is 9.86. The smallest absolute Gasteiger partial charge is 0.308 e. The van der Waals surface area contributed by atoms with Gasteiger partial charge in [-0.3, -0.25) is 14.4 Å². The summed E-state index contributed by atoms with van der Waals surface area (Å²) >= 11 is 0. The molecular formula is C12H19NO4. The van der Waals surface area contributed by atoms with Crippen LogP contribution >= 0.6 is 0 Å². The Morgan fingerprint density at radius 1 is 1.18 bits per heavy atom. The molecule has 0 heterocycles. The Hall–Kier alpha value is -1.39. The van der Waals surface area contributed by atoms with E-state index in [-0.39, 0.29) is 36.0 Å². The van der Waals surface area contributed by atoms with E-state index >= 15 is 0 Å². The van der Waals surface area contributed by atoms with Crippen LogP contribution in [0.4, 0.5) is 0 Å². The van der Waals surface area contributed by atoms with Crippen molar-refractivity contribution in [1.29, 1.82) is 0 Å². The molecule has 1 rings (SSSR count). The molecule has 5 nitrogen and oxygen atoms in total. The van der Waals surface area contributed by atoms with Gasteiger partial charge in [-0.2, -0.15) is 0 Å². The fraction of sp³-hybridized carbons (Fsp3) is 0.750. The fourth-order valence-electron chi connectivity index (χ4n) is 2.14. The van der Waals surface area contributed by atoms with Crippen molar-refractivity contribution in [3.8, 4) is 0 Å². The Labute approximate surface area is 101 Å². The van der Waals surface area contributed by atoms with Gasteiger partial charge in [0.1, 0.15) is 5.78 Å². The molecular weight excluding hydrogens is 222 g/mol. The van der Waals surface area contributed by atoms with E-state index in [1.165, 1.54) is 14.0 Å². The number of ether oxygens (including phenoxy) is 1. The second-order valence-electron chi connectivity index (χ2n) is 4.52. The number of hydrogen-bond donors (Lipinski definition) is 1. The van der Waals surface area contributed by atoms with Gasteiger partial charge in [-0.25, -0.2) is 0 Å². The molecule has 0 aromatic carbocycles. The molecule has 1 aliphatic carbocycles. The van der Waals surface area contributed by atoms with E-state index in [0.29, 0.717) is 0 Å². The van der Waals surface area contributed by atoms with E-state index < -0.39 is 0 Å². The van der Waals surface area contributed by atoms with Gasteiger partial charge in [0, 0.05) is 6.04 Å². The van der Waals surface area contributed by atoms with Gasteiger partial charge in [0.2, 0.25) is 5.91 Å². The average molecular weight is 241 g/mol. The topological polar surface area (TPSA) is 72.5 Å². The van der Waals surface area contributed by atoms with E-state index in [9.17, 15) is 14.4 Å². The van der Waals surface area contributed by atoms with E-state index in [0.717, 1.165) is 25.7 Å². The lowest BCUT2D eigenvalue weighted by molar-refractivity contribution is -0.146. The number of esters is 1. The summed E-state index contributed by atoms with van der Waals surface area (Å²) in [5, 5.41) is 2.82. The van der Waals surface area contributed by atoms with Crippen molar-refractivity contribution in [2.75, 3.05) is 7.11 Å². The molecule has 1 N–H and O–H groups in total. The minimum atomic E-state index is -0.223. The molecule has 0 aromatic heterocycles. The molecule has 96 valence electrons. The third-order valence-corrected chi connectivity index (χ3v) is 3.04. The third-order valence-electron chi connectivity index (χ3n) is 3.04. The Balaban J connectivity index is 2.30. The average Bonchev–Trinajstić information content (AvgIpc) is 2.28. The van der Waals surface area contributed by atoms with Crippen molar-refractivity contribution in [3.05, 3.63) is 0 Å². The summed E-state index contributed by atoms with van der Waals surface area (Å²) < 4.78 is 4.69. The Bertz CT molecular complexity index is 306. The van der Waals surface area contributed by atoms with Crippen molar-refractivity contribution >= 4 is 17.7 Å². The van der Waals surface area contributed by atoms with Crippen LogP contribution in [0.2, 0.25) is 0 Å². The molecule has 0 spiro atoms. The highest BCUT2D eigenvalue weighted by atomic mass is 16.5. The molecule has 1 fully saturated rings. The zero-order chi connectivity index (χ0) is 12.8. The number of Topliss-reactive ketones (excluding diaryl/α,β-unsaturated/α-hetero) is 1. The van der Waals surface area contributed by atoms with Gasteiger partial charge in [-0.1, -0.05) is 0 Å². The summed E-state index contributed by atoms with van der Waals surface area (Å²) in [4.78, 5) is 33.4. The van der Waals surface area contributed by atoms with Gasteiger partial charge in [0.25, 0.3) is 0 Å². The molecule has 0 saturated heterocycles. The number of methoxy groups -OCH3 is 1. The van der Waals surface area contributed by atoms with Crippen molar-refractivity contribution < 1.29 is 19.1 Å². The number of nitrogens with one attached hydrogen (secondary N) is 1. The van der Waals surface area contributed by atoms with Crippen LogP contribution in [0.3, 0.4) is 0 Å². The molecule has 0 atom stereocenters. The zero-order valence-corrected chi connectivity index (χ0v) is 10.3. The Morgan fingerprint density at radius 3 is 2.24 bits per heavy atom. The van der Waals surface area contributed by atoms with E-state index in [1.54, 1.807) is 0 Å². The molecule has 0 bridgehead atoms.